The first-order valence-electron chi connectivity index (χ1n) is 8.28. The van der Waals surface area contributed by atoms with Gasteiger partial charge in [0.2, 0.25) is 0 Å². The zero-order valence-electron chi connectivity index (χ0n) is 14.3. The van der Waals surface area contributed by atoms with Gasteiger partial charge in [-0.05, 0) is 19.1 Å². The molecule has 0 radical (unpaired) electrons. The lowest BCUT2D eigenvalue weighted by molar-refractivity contribution is 0.105. The molecule has 1 aliphatic heterocycles. The lowest BCUT2D eigenvalue weighted by atomic mass is 10.3. The summed E-state index contributed by atoms with van der Waals surface area (Å²) < 4.78 is 32.5. The Morgan fingerprint density at radius 3 is 2.54 bits per heavy atom. The van der Waals surface area contributed by atoms with Gasteiger partial charge < -0.3 is 19.9 Å². The van der Waals surface area contributed by atoms with Crippen LogP contribution in [0, 0.1) is 11.6 Å². The van der Waals surface area contributed by atoms with Crippen LogP contribution >= 0.6 is 0 Å². The van der Waals surface area contributed by atoms with Gasteiger partial charge in [0.25, 0.3) is 0 Å². The number of hydrogen-bond acceptors (Lipinski definition) is 6. The summed E-state index contributed by atoms with van der Waals surface area (Å²) in [6, 6.07) is 5.25. The van der Waals surface area contributed by atoms with Gasteiger partial charge >= 0.3 is 6.09 Å². The van der Waals surface area contributed by atoms with Crippen molar-refractivity contribution < 1.29 is 18.3 Å². The molecule has 0 bridgehead atoms. The van der Waals surface area contributed by atoms with E-state index in [2.05, 4.69) is 15.3 Å². The van der Waals surface area contributed by atoms with E-state index in [1.165, 1.54) is 24.5 Å². The zero-order valence-corrected chi connectivity index (χ0v) is 14.3. The number of amides is 1. The molecule has 2 heterocycles. The van der Waals surface area contributed by atoms with Crippen molar-refractivity contribution in [3.05, 3.63) is 42.2 Å². The number of halogens is 2. The predicted molar refractivity (Wildman–Crippen MR) is 92.5 cm³/mol. The molecule has 2 aromatic rings. The number of aromatic nitrogens is 2. The third-order valence-corrected chi connectivity index (χ3v) is 4.00. The number of anilines is 3. The average molecular weight is 363 g/mol. The molecule has 1 aromatic heterocycles. The van der Waals surface area contributed by atoms with Gasteiger partial charge in [0, 0.05) is 32.2 Å². The largest absolute Gasteiger partial charge is 0.450 e. The van der Waals surface area contributed by atoms with E-state index in [4.69, 9.17) is 4.74 Å². The number of hydrogen-bond donors (Lipinski definition) is 1. The molecule has 7 nitrogen and oxygen atoms in total. The van der Waals surface area contributed by atoms with Crippen molar-refractivity contribution in [2.24, 2.45) is 0 Å². The van der Waals surface area contributed by atoms with Crippen LogP contribution in [0.4, 0.5) is 30.9 Å². The van der Waals surface area contributed by atoms with Crippen molar-refractivity contribution in [1.82, 2.24) is 14.9 Å². The molecule has 1 N–H and O–H groups in total. The highest BCUT2D eigenvalue weighted by molar-refractivity contribution is 5.68. The minimum atomic E-state index is -0.701. The number of carbonyl (C=O) groups is 1. The molecule has 138 valence electrons. The van der Waals surface area contributed by atoms with Gasteiger partial charge in [-0.15, -0.1) is 0 Å². The van der Waals surface area contributed by atoms with Crippen molar-refractivity contribution in [2.45, 2.75) is 6.92 Å². The summed E-state index contributed by atoms with van der Waals surface area (Å²) in [7, 11) is 0. The molecule has 1 fully saturated rings. The first-order chi connectivity index (χ1) is 12.6. The van der Waals surface area contributed by atoms with Crippen LogP contribution in [0.2, 0.25) is 0 Å². The third-order valence-electron chi connectivity index (χ3n) is 4.00. The summed E-state index contributed by atoms with van der Waals surface area (Å²) in [5, 5.41) is 2.65. The Morgan fingerprint density at radius 2 is 1.88 bits per heavy atom. The average Bonchev–Trinajstić information content (AvgIpc) is 2.65. The molecular weight excluding hydrogens is 344 g/mol. The highest BCUT2D eigenvalue weighted by Gasteiger charge is 2.23. The van der Waals surface area contributed by atoms with Crippen LogP contribution in [0.25, 0.3) is 0 Å². The summed E-state index contributed by atoms with van der Waals surface area (Å²) in [5.41, 5.74) is -0.260. The molecule has 0 saturated carbocycles. The van der Waals surface area contributed by atoms with Gasteiger partial charge in [0.05, 0.1) is 6.61 Å². The van der Waals surface area contributed by atoms with E-state index in [0.29, 0.717) is 38.6 Å². The number of piperazine rings is 1. The van der Waals surface area contributed by atoms with Crippen LogP contribution in [0.5, 0.6) is 0 Å². The monoisotopic (exact) mass is 363 g/mol. The van der Waals surface area contributed by atoms with Crippen molar-refractivity contribution in [3.8, 4) is 0 Å². The maximum Gasteiger partial charge on any atom is 0.409 e. The number of nitrogens with one attached hydrogen (secondary N) is 1. The van der Waals surface area contributed by atoms with Crippen molar-refractivity contribution in [1.29, 1.82) is 0 Å². The normalized spacial score (nSPS) is 14.3. The molecule has 1 saturated heterocycles. The van der Waals surface area contributed by atoms with Crippen molar-refractivity contribution in [3.63, 3.8) is 0 Å². The van der Waals surface area contributed by atoms with Crippen LogP contribution in [-0.4, -0.2) is 53.7 Å². The Bertz CT molecular complexity index is 761. The van der Waals surface area contributed by atoms with Gasteiger partial charge in [0.15, 0.2) is 0 Å². The van der Waals surface area contributed by atoms with Crippen LogP contribution in [0.3, 0.4) is 0 Å². The fourth-order valence-corrected chi connectivity index (χ4v) is 2.67. The van der Waals surface area contributed by atoms with Crippen LogP contribution in [-0.2, 0) is 4.74 Å². The SMILES string of the molecule is CCOC(=O)N1CCN(c2cc(Nc3c(F)cccc3F)ncn2)CC1. The van der Waals surface area contributed by atoms with Gasteiger partial charge in [0.1, 0.15) is 35.3 Å². The summed E-state index contributed by atoms with van der Waals surface area (Å²) in [4.78, 5) is 23.6. The Kier molecular flexibility index (Phi) is 5.45. The first kappa shape index (κ1) is 17.8. The maximum atomic E-state index is 13.8. The molecule has 1 aliphatic rings. The lowest BCUT2D eigenvalue weighted by Crippen LogP contribution is -2.49. The summed E-state index contributed by atoms with van der Waals surface area (Å²) >= 11 is 0. The predicted octanol–water partition coefficient (Wildman–Crippen LogP) is 2.78. The molecule has 1 amide bonds. The highest BCUT2D eigenvalue weighted by Crippen LogP contribution is 2.24. The standard InChI is InChI=1S/C17H19F2N5O2/c1-2-26-17(25)24-8-6-23(7-9-24)15-10-14(20-11-21-15)22-16-12(18)4-3-5-13(16)19/h3-5,10-11H,2,6-9H2,1H3,(H,20,21,22). The molecular formula is C17H19F2N5O2. The molecule has 26 heavy (non-hydrogen) atoms. The molecule has 1 aromatic carbocycles. The number of rotatable bonds is 4. The van der Waals surface area contributed by atoms with Crippen LogP contribution in [0.1, 0.15) is 6.92 Å². The third kappa shape index (κ3) is 3.98. The number of carbonyl (C=O) groups excluding carboxylic acids is 1. The lowest BCUT2D eigenvalue weighted by Gasteiger charge is -2.34. The fraction of sp³-hybridized carbons (Fsp3) is 0.353. The van der Waals surface area contributed by atoms with E-state index < -0.39 is 11.6 Å². The Morgan fingerprint density at radius 1 is 1.19 bits per heavy atom. The topological polar surface area (TPSA) is 70.6 Å². The van der Waals surface area contributed by atoms with E-state index in [-0.39, 0.29) is 17.6 Å². The minimum absolute atomic E-state index is 0.260. The molecule has 0 unspecified atom stereocenters. The first-order valence-corrected chi connectivity index (χ1v) is 8.28. The van der Waals surface area contributed by atoms with E-state index in [0.717, 1.165) is 0 Å². The quantitative estimate of drug-likeness (QED) is 0.901. The fourth-order valence-electron chi connectivity index (χ4n) is 2.67. The van der Waals surface area contributed by atoms with E-state index in [9.17, 15) is 13.6 Å². The number of nitrogens with zero attached hydrogens (tertiary/aromatic N) is 4. The Hall–Kier alpha value is -2.97. The number of benzene rings is 1. The molecule has 0 atom stereocenters. The van der Waals surface area contributed by atoms with Crippen LogP contribution < -0.4 is 10.2 Å². The smallest absolute Gasteiger partial charge is 0.409 e. The second-order valence-electron chi connectivity index (χ2n) is 5.66. The zero-order chi connectivity index (χ0) is 18.5. The van der Waals surface area contributed by atoms with Gasteiger partial charge in [-0.25, -0.2) is 23.5 Å². The number of ether oxygens (including phenoxy) is 1. The summed E-state index contributed by atoms with van der Waals surface area (Å²) in [5.74, 6) is -0.504. The Balaban J connectivity index is 1.68. The van der Waals surface area contributed by atoms with E-state index in [1.54, 1.807) is 17.9 Å². The second kappa shape index (κ2) is 7.94. The maximum absolute atomic E-state index is 13.8. The molecule has 9 heteroatoms. The van der Waals surface area contributed by atoms with Gasteiger partial charge in [-0.3, -0.25) is 0 Å². The van der Waals surface area contributed by atoms with Crippen molar-refractivity contribution >= 4 is 23.4 Å². The molecule has 3 rings (SSSR count). The second-order valence-corrected chi connectivity index (χ2v) is 5.66. The Labute approximate surface area is 149 Å². The summed E-state index contributed by atoms with van der Waals surface area (Å²) in [6.45, 7) is 4.27. The van der Waals surface area contributed by atoms with Gasteiger partial charge in [-0.2, -0.15) is 0 Å². The minimum Gasteiger partial charge on any atom is -0.450 e. The summed E-state index contributed by atoms with van der Waals surface area (Å²) in [6.07, 6.45) is 1.00. The van der Waals surface area contributed by atoms with Gasteiger partial charge in [-0.1, -0.05) is 6.07 Å². The molecule has 0 aliphatic carbocycles. The van der Waals surface area contributed by atoms with E-state index >= 15 is 0 Å². The van der Waals surface area contributed by atoms with E-state index in [1.807, 2.05) is 4.90 Å². The molecule has 0 spiro atoms. The number of para-hydroxylation sites is 1. The van der Waals surface area contributed by atoms with Crippen LogP contribution in [0.15, 0.2) is 30.6 Å². The van der Waals surface area contributed by atoms with Crippen molar-refractivity contribution in [2.75, 3.05) is 43.0 Å². The highest BCUT2D eigenvalue weighted by atomic mass is 19.1.